The third kappa shape index (κ3) is 3.45. The second kappa shape index (κ2) is 6.24. The molecular formula is C17H20. The van der Waals surface area contributed by atoms with Gasteiger partial charge in [-0.3, -0.25) is 0 Å². The maximum atomic E-state index is 2.26. The van der Waals surface area contributed by atoms with Gasteiger partial charge in [-0.2, -0.15) is 0 Å². The van der Waals surface area contributed by atoms with Gasteiger partial charge >= 0.3 is 0 Å². The van der Waals surface area contributed by atoms with Gasteiger partial charge in [0.1, 0.15) is 0 Å². The predicted molar refractivity (Wildman–Crippen MR) is 75.0 cm³/mol. The van der Waals surface area contributed by atoms with Crippen LogP contribution in [0, 0.1) is 0 Å². The number of allylic oxidation sites excluding steroid dienone is 6. The molecule has 0 saturated heterocycles. The van der Waals surface area contributed by atoms with Crippen molar-refractivity contribution in [1.82, 2.24) is 0 Å². The molecule has 0 bridgehead atoms. The average Bonchev–Trinajstić information content (AvgIpc) is 2.89. The first-order valence-corrected chi connectivity index (χ1v) is 6.51. The Kier molecular flexibility index (Phi) is 4.37. The Bertz CT molecular complexity index is 418. The highest BCUT2D eigenvalue weighted by Gasteiger charge is 2.05. The Balaban J connectivity index is 2.14. The van der Waals surface area contributed by atoms with E-state index in [4.69, 9.17) is 0 Å². The highest BCUT2D eigenvalue weighted by Crippen LogP contribution is 2.22. The molecule has 0 radical (unpaired) electrons. The summed E-state index contributed by atoms with van der Waals surface area (Å²) in [7, 11) is 0. The molecule has 17 heavy (non-hydrogen) atoms. The lowest BCUT2D eigenvalue weighted by atomic mass is 9.96. The van der Waals surface area contributed by atoms with E-state index in [0.717, 1.165) is 6.42 Å². The van der Waals surface area contributed by atoms with Crippen molar-refractivity contribution < 1.29 is 0 Å². The lowest BCUT2D eigenvalue weighted by molar-refractivity contribution is 0.768. The zero-order chi connectivity index (χ0) is 11.9. The standard InChI is InChI=1S/C17H20/c1-2-3-11-17(16-12-7-8-13-16)14-15-9-5-4-6-10-15/h4-10,12-13H,2-3,11,14H2,1H3. The molecule has 0 spiro atoms. The third-order valence-corrected chi connectivity index (χ3v) is 3.16. The van der Waals surface area contributed by atoms with E-state index >= 15 is 0 Å². The molecule has 0 amide bonds. The van der Waals surface area contributed by atoms with E-state index in [-0.39, 0.29) is 0 Å². The van der Waals surface area contributed by atoms with Gasteiger partial charge in [0.2, 0.25) is 0 Å². The van der Waals surface area contributed by atoms with Crippen LogP contribution in [0.4, 0.5) is 0 Å². The summed E-state index contributed by atoms with van der Waals surface area (Å²) in [5, 5.41) is 0. The van der Waals surface area contributed by atoms with Crippen molar-refractivity contribution in [3.63, 3.8) is 0 Å². The highest BCUT2D eigenvalue weighted by molar-refractivity contribution is 5.44. The molecule has 1 aromatic carbocycles. The summed E-state index contributed by atoms with van der Waals surface area (Å²) in [6.45, 7) is 2.26. The van der Waals surface area contributed by atoms with E-state index in [1.54, 1.807) is 5.57 Å². The quantitative estimate of drug-likeness (QED) is 0.671. The van der Waals surface area contributed by atoms with Crippen LogP contribution in [0.2, 0.25) is 0 Å². The van der Waals surface area contributed by atoms with Crippen LogP contribution in [0.1, 0.15) is 31.7 Å². The monoisotopic (exact) mass is 224 g/mol. The third-order valence-electron chi connectivity index (χ3n) is 3.16. The molecule has 0 nitrogen and oxygen atoms in total. The van der Waals surface area contributed by atoms with Crippen LogP contribution in [-0.2, 0) is 6.42 Å². The minimum Gasteiger partial charge on any atom is -0.0654 e. The van der Waals surface area contributed by atoms with E-state index in [2.05, 4.69) is 61.6 Å². The summed E-state index contributed by atoms with van der Waals surface area (Å²) in [5.74, 6) is 0. The Morgan fingerprint density at radius 1 is 1.00 bits per heavy atom. The molecule has 88 valence electrons. The smallest absolute Gasteiger partial charge is 0.00581 e. The van der Waals surface area contributed by atoms with E-state index in [9.17, 15) is 0 Å². The zero-order valence-electron chi connectivity index (χ0n) is 10.5. The molecule has 1 aromatic rings. The largest absolute Gasteiger partial charge is 0.0654 e. The summed E-state index contributed by atoms with van der Waals surface area (Å²) in [6.07, 6.45) is 13.6. The SMILES string of the molecule is CCCCC(Cc1ccccc1)=C1C=CC=C1. The van der Waals surface area contributed by atoms with Crippen molar-refractivity contribution in [3.05, 3.63) is 71.3 Å². The maximum Gasteiger partial charge on any atom is -0.00581 e. The second-order valence-electron chi connectivity index (χ2n) is 4.54. The van der Waals surface area contributed by atoms with Crippen molar-refractivity contribution in [2.24, 2.45) is 0 Å². The number of unbranched alkanes of at least 4 members (excludes halogenated alkanes) is 1. The Hall–Kier alpha value is -1.56. The van der Waals surface area contributed by atoms with Crippen LogP contribution in [0.15, 0.2) is 65.8 Å². The number of benzene rings is 1. The fourth-order valence-corrected chi connectivity index (χ4v) is 2.18. The molecule has 0 saturated carbocycles. The molecule has 0 atom stereocenters. The molecular weight excluding hydrogens is 204 g/mol. The van der Waals surface area contributed by atoms with E-state index in [0.29, 0.717) is 0 Å². The van der Waals surface area contributed by atoms with Gasteiger partial charge in [0.05, 0.1) is 0 Å². The minimum absolute atomic E-state index is 1.09. The van der Waals surface area contributed by atoms with Crippen molar-refractivity contribution in [3.8, 4) is 0 Å². The van der Waals surface area contributed by atoms with Gasteiger partial charge in [0, 0.05) is 0 Å². The molecule has 1 aliphatic rings. The van der Waals surface area contributed by atoms with Crippen molar-refractivity contribution in [2.45, 2.75) is 32.6 Å². The summed E-state index contributed by atoms with van der Waals surface area (Å²) >= 11 is 0. The molecule has 0 heteroatoms. The minimum atomic E-state index is 1.09. The maximum absolute atomic E-state index is 2.26. The lowest BCUT2D eigenvalue weighted by Crippen LogP contribution is -1.94. The highest BCUT2D eigenvalue weighted by atomic mass is 14.1. The summed E-state index contributed by atoms with van der Waals surface area (Å²) in [5.41, 5.74) is 4.41. The summed E-state index contributed by atoms with van der Waals surface area (Å²) in [6, 6.07) is 10.8. The van der Waals surface area contributed by atoms with Crippen LogP contribution < -0.4 is 0 Å². The Morgan fingerprint density at radius 3 is 2.35 bits per heavy atom. The molecule has 0 fully saturated rings. The Labute approximate surface area is 104 Å². The molecule has 0 aromatic heterocycles. The first kappa shape index (κ1) is 11.9. The van der Waals surface area contributed by atoms with Crippen molar-refractivity contribution in [2.75, 3.05) is 0 Å². The molecule has 0 aliphatic heterocycles. The summed E-state index contributed by atoms with van der Waals surface area (Å²) in [4.78, 5) is 0. The van der Waals surface area contributed by atoms with Crippen molar-refractivity contribution >= 4 is 0 Å². The first-order valence-electron chi connectivity index (χ1n) is 6.51. The van der Waals surface area contributed by atoms with Gasteiger partial charge in [0.15, 0.2) is 0 Å². The van der Waals surface area contributed by atoms with Crippen LogP contribution in [0.3, 0.4) is 0 Å². The van der Waals surface area contributed by atoms with Gasteiger partial charge in [-0.05, 0) is 30.4 Å². The van der Waals surface area contributed by atoms with Gasteiger partial charge in [-0.25, -0.2) is 0 Å². The Morgan fingerprint density at radius 2 is 1.71 bits per heavy atom. The average molecular weight is 224 g/mol. The molecule has 2 rings (SSSR count). The van der Waals surface area contributed by atoms with Gasteiger partial charge < -0.3 is 0 Å². The van der Waals surface area contributed by atoms with Crippen LogP contribution in [0.25, 0.3) is 0 Å². The number of hydrogen-bond donors (Lipinski definition) is 0. The van der Waals surface area contributed by atoms with E-state index in [1.165, 1.54) is 30.4 Å². The van der Waals surface area contributed by atoms with Crippen LogP contribution in [0.5, 0.6) is 0 Å². The van der Waals surface area contributed by atoms with Gasteiger partial charge in [-0.15, -0.1) is 0 Å². The molecule has 1 aliphatic carbocycles. The van der Waals surface area contributed by atoms with Crippen LogP contribution in [-0.4, -0.2) is 0 Å². The molecule has 0 unspecified atom stereocenters. The fourth-order valence-electron chi connectivity index (χ4n) is 2.18. The molecule has 0 N–H and O–H groups in total. The molecule has 0 heterocycles. The zero-order valence-corrected chi connectivity index (χ0v) is 10.5. The number of hydrogen-bond acceptors (Lipinski definition) is 0. The fraction of sp³-hybridized carbons (Fsp3) is 0.294. The van der Waals surface area contributed by atoms with Crippen LogP contribution >= 0.6 is 0 Å². The van der Waals surface area contributed by atoms with E-state index in [1.807, 2.05) is 0 Å². The lowest BCUT2D eigenvalue weighted by Gasteiger charge is -2.09. The van der Waals surface area contributed by atoms with Crippen molar-refractivity contribution in [1.29, 1.82) is 0 Å². The first-order chi connectivity index (χ1) is 8.40. The summed E-state index contributed by atoms with van der Waals surface area (Å²) < 4.78 is 0. The van der Waals surface area contributed by atoms with Gasteiger partial charge in [0.25, 0.3) is 0 Å². The van der Waals surface area contributed by atoms with Gasteiger partial charge in [-0.1, -0.05) is 73.6 Å². The number of rotatable bonds is 5. The second-order valence-corrected chi connectivity index (χ2v) is 4.54. The van der Waals surface area contributed by atoms with E-state index < -0.39 is 0 Å². The predicted octanol–water partition coefficient (Wildman–Crippen LogP) is 4.84. The topological polar surface area (TPSA) is 0 Å². The normalized spacial score (nSPS) is 13.4.